The highest BCUT2D eigenvalue weighted by Crippen LogP contribution is 2.25. The SMILES string of the molecule is COCCCNC(=O)c1cnc(Nc2ccccc2C(C)C)cn1. The van der Waals surface area contributed by atoms with Gasteiger partial charge in [0, 0.05) is 25.9 Å². The average Bonchev–Trinajstić information content (AvgIpc) is 2.59. The van der Waals surface area contributed by atoms with Gasteiger partial charge in [0.15, 0.2) is 0 Å². The number of ether oxygens (including phenoxy) is 1. The fraction of sp³-hybridized carbons (Fsp3) is 0.389. The van der Waals surface area contributed by atoms with Crippen molar-refractivity contribution in [2.45, 2.75) is 26.2 Å². The van der Waals surface area contributed by atoms with Crippen molar-refractivity contribution < 1.29 is 9.53 Å². The van der Waals surface area contributed by atoms with Crippen LogP contribution >= 0.6 is 0 Å². The molecule has 0 bridgehead atoms. The van der Waals surface area contributed by atoms with Crippen molar-refractivity contribution in [3.63, 3.8) is 0 Å². The lowest BCUT2D eigenvalue weighted by atomic mass is 10.0. The Labute approximate surface area is 142 Å². The molecule has 0 radical (unpaired) electrons. The van der Waals surface area contributed by atoms with Crippen LogP contribution in [-0.4, -0.2) is 36.1 Å². The molecule has 0 aliphatic heterocycles. The summed E-state index contributed by atoms with van der Waals surface area (Å²) in [7, 11) is 1.64. The predicted octanol–water partition coefficient (Wildman–Crippen LogP) is 3.11. The van der Waals surface area contributed by atoms with Gasteiger partial charge in [-0.1, -0.05) is 32.0 Å². The summed E-state index contributed by atoms with van der Waals surface area (Å²) in [6.45, 7) is 5.45. The van der Waals surface area contributed by atoms with E-state index in [0.717, 1.165) is 12.1 Å². The minimum Gasteiger partial charge on any atom is -0.385 e. The molecule has 2 rings (SSSR count). The average molecular weight is 328 g/mol. The van der Waals surface area contributed by atoms with Crippen LogP contribution in [0.3, 0.4) is 0 Å². The number of benzene rings is 1. The number of aromatic nitrogens is 2. The second kappa shape index (κ2) is 8.98. The summed E-state index contributed by atoms with van der Waals surface area (Å²) in [5, 5.41) is 6.04. The Kier molecular flexibility index (Phi) is 6.69. The van der Waals surface area contributed by atoms with Gasteiger partial charge in [0.2, 0.25) is 0 Å². The van der Waals surface area contributed by atoms with E-state index in [2.05, 4.69) is 40.5 Å². The van der Waals surface area contributed by atoms with E-state index in [1.54, 1.807) is 13.3 Å². The number of rotatable bonds is 8. The molecule has 0 aliphatic rings. The van der Waals surface area contributed by atoms with E-state index in [1.807, 2.05) is 18.2 Å². The van der Waals surface area contributed by atoms with Gasteiger partial charge in [-0.05, 0) is 24.0 Å². The minimum atomic E-state index is -0.229. The molecule has 128 valence electrons. The molecule has 24 heavy (non-hydrogen) atoms. The molecule has 1 heterocycles. The number of nitrogens with one attached hydrogen (secondary N) is 2. The van der Waals surface area contributed by atoms with E-state index >= 15 is 0 Å². The Morgan fingerprint density at radius 3 is 2.67 bits per heavy atom. The van der Waals surface area contributed by atoms with E-state index in [4.69, 9.17) is 4.74 Å². The van der Waals surface area contributed by atoms with Crippen LogP contribution in [-0.2, 0) is 4.74 Å². The number of carbonyl (C=O) groups excluding carboxylic acids is 1. The Hall–Kier alpha value is -2.47. The molecule has 6 heteroatoms. The van der Waals surface area contributed by atoms with Crippen LogP contribution in [0.4, 0.5) is 11.5 Å². The topological polar surface area (TPSA) is 76.1 Å². The van der Waals surface area contributed by atoms with E-state index in [9.17, 15) is 4.79 Å². The van der Waals surface area contributed by atoms with Gasteiger partial charge >= 0.3 is 0 Å². The van der Waals surface area contributed by atoms with Crippen LogP contribution in [0.1, 0.15) is 42.2 Å². The molecule has 0 spiro atoms. The molecular weight excluding hydrogens is 304 g/mol. The van der Waals surface area contributed by atoms with Crippen molar-refractivity contribution in [3.8, 4) is 0 Å². The Morgan fingerprint density at radius 2 is 2.00 bits per heavy atom. The van der Waals surface area contributed by atoms with Crippen molar-refractivity contribution in [1.29, 1.82) is 0 Å². The summed E-state index contributed by atoms with van der Waals surface area (Å²) in [6.07, 6.45) is 3.81. The lowest BCUT2D eigenvalue weighted by Crippen LogP contribution is -2.26. The van der Waals surface area contributed by atoms with Crippen LogP contribution in [0.2, 0.25) is 0 Å². The zero-order valence-corrected chi connectivity index (χ0v) is 14.4. The molecule has 0 unspecified atom stereocenters. The van der Waals surface area contributed by atoms with Crippen LogP contribution in [0.5, 0.6) is 0 Å². The molecule has 6 nitrogen and oxygen atoms in total. The van der Waals surface area contributed by atoms with Gasteiger partial charge in [-0.25, -0.2) is 9.97 Å². The number of anilines is 2. The third kappa shape index (κ3) is 5.03. The van der Waals surface area contributed by atoms with Crippen molar-refractivity contribution in [2.24, 2.45) is 0 Å². The Balaban J connectivity index is 1.98. The van der Waals surface area contributed by atoms with Crippen molar-refractivity contribution in [3.05, 3.63) is 47.9 Å². The quantitative estimate of drug-likeness (QED) is 0.728. The molecule has 2 N–H and O–H groups in total. The summed E-state index contributed by atoms with van der Waals surface area (Å²) in [4.78, 5) is 20.4. The van der Waals surface area contributed by atoms with Gasteiger partial charge in [-0.15, -0.1) is 0 Å². The zero-order chi connectivity index (χ0) is 17.4. The van der Waals surface area contributed by atoms with Crippen LogP contribution in [0.15, 0.2) is 36.7 Å². The van der Waals surface area contributed by atoms with Crippen molar-refractivity contribution in [2.75, 3.05) is 25.6 Å². The lowest BCUT2D eigenvalue weighted by molar-refractivity contribution is 0.0943. The van der Waals surface area contributed by atoms with Crippen LogP contribution in [0, 0.1) is 0 Å². The first-order valence-corrected chi connectivity index (χ1v) is 8.07. The highest BCUT2D eigenvalue weighted by molar-refractivity contribution is 5.92. The third-order valence-electron chi connectivity index (χ3n) is 3.54. The second-order valence-electron chi connectivity index (χ2n) is 5.76. The molecule has 0 aliphatic carbocycles. The first-order chi connectivity index (χ1) is 11.6. The summed E-state index contributed by atoms with van der Waals surface area (Å²) < 4.78 is 4.94. The number of nitrogens with zero attached hydrogens (tertiary/aromatic N) is 2. The molecular formula is C18H24N4O2. The monoisotopic (exact) mass is 328 g/mol. The number of carbonyl (C=O) groups is 1. The van der Waals surface area contributed by atoms with Crippen LogP contribution in [0.25, 0.3) is 0 Å². The number of para-hydroxylation sites is 1. The van der Waals surface area contributed by atoms with E-state index in [0.29, 0.717) is 30.6 Å². The van der Waals surface area contributed by atoms with Gasteiger partial charge in [-0.2, -0.15) is 0 Å². The van der Waals surface area contributed by atoms with Gasteiger partial charge in [0.1, 0.15) is 11.5 Å². The number of methoxy groups -OCH3 is 1. The Morgan fingerprint density at radius 1 is 1.21 bits per heavy atom. The second-order valence-corrected chi connectivity index (χ2v) is 5.76. The lowest BCUT2D eigenvalue weighted by Gasteiger charge is -2.13. The molecule has 0 fully saturated rings. The molecule has 0 saturated carbocycles. The first kappa shape index (κ1) is 17.9. The van der Waals surface area contributed by atoms with Gasteiger partial charge in [0.05, 0.1) is 12.4 Å². The largest absolute Gasteiger partial charge is 0.385 e. The number of amides is 1. The summed E-state index contributed by atoms with van der Waals surface area (Å²) in [5.41, 5.74) is 2.51. The molecule has 1 aromatic heterocycles. The maximum Gasteiger partial charge on any atom is 0.271 e. The van der Waals surface area contributed by atoms with E-state index in [-0.39, 0.29) is 5.91 Å². The fourth-order valence-corrected chi connectivity index (χ4v) is 2.27. The number of hydrogen-bond acceptors (Lipinski definition) is 5. The summed E-state index contributed by atoms with van der Waals surface area (Å²) in [6, 6.07) is 8.09. The molecule has 0 saturated heterocycles. The first-order valence-electron chi connectivity index (χ1n) is 8.07. The van der Waals surface area contributed by atoms with Crippen molar-refractivity contribution in [1.82, 2.24) is 15.3 Å². The molecule has 1 aromatic carbocycles. The van der Waals surface area contributed by atoms with Gasteiger partial charge < -0.3 is 15.4 Å². The summed E-state index contributed by atoms with van der Waals surface area (Å²) >= 11 is 0. The van der Waals surface area contributed by atoms with E-state index in [1.165, 1.54) is 11.8 Å². The highest BCUT2D eigenvalue weighted by atomic mass is 16.5. The minimum absolute atomic E-state index is 0.229. The van der Waals surface area contributed by atoms with Gasteiger partial charge in [-0.3, -0.25) is 4.79 Å². The molecule has 1 amide bonds. The number of hydrogen-bond donors (Lipinski definition) is 2. The highest BCUT2D eigenvalue weighted by Gasteiger charge is 2.09. The normalized spacial score (nSPS) is 10.7. The summed E-state index contributed by atoms with van der Waals surface area (Å²) in [5.74, 6) is 0.783. The fourth-order valence-electron chi connectivity index (χ4n) is 2.27. The van der Waals surface area contributed by atoms with Gasteiger partial charge in [0.25, 0.3) is 5.91 Å². The standard InChI is InChI=1S/C18H24N4O2/c1-13(2)14-7-4-5-8-15(14)22-17-12-20-16(11-21-17)18(23)19-9-6-10-24-3/h4-5,7-8,11-13H,6,9-10H2,1-3H3,(H,19,23)(H,21,22). The Bertz CT molecular complexity index is 656. The predicted molar refractivity (Wildman–Crippen MR) is 94.7 cm³/mol. The molecule has 2 aromatic rings. The van der Waals surface area contributed by atoms with Crippen LogP contribution < -0.4 is 10.6 Å². The van der Waals surface area contributed by atoms with E-state index < -0.39 is 0 Å². The maximum atomic E-state index is 11.9. The zero-order valence-electron chi connectivity index (χ0n) is 14.4. The maximum absolute atomic E-state index is 11.9. The molecule has 0 atom stereocenters. The van der Waals surface area contributed by atoms with Crippen molar-refractivity contribution >= 4 is 17.4 Å². The smallest absolute Gasteiger partial charge is 0.271 e. The third-order valence-corrected chi connectivity index (χ3v) is 3.54.